The summed E-state index contributed by atoms with van der Waals surface area (Å²) < 4.78 is 1.70. The first-order valence-electron chi connectivity index (χ1n) is 8.79. The Morgan fingerprint density at radius 3 is 2.65 bits per heavy atom. The van der Waals surface area contributed by atoms with E-state index in [4.69, 9.17) is 0 Å². The second-order valence-corrected chi connectivity index (χ2v) is 7.37. The summed E-state index contributed by atoms with van der Waals surface area (Å²) in [5.74, 6) is -1.35. The molecule has 0 aromatic carbocycles. The molecule has 0 bridgehead atoms. The first kappa shape index (κ1) is 18.2. The molecule has 0 spiro atoms. The number of piperidine rings is 1. The molecule has 2 saturated heterocycles. The summed E-state index contributed by atoms with van der Waals surface area (Å²) in [5.41, 5.74) is 0.846. The van der Waals surface area contributed by atoms with Crippen molar-refractivity contribution in [3.8, 4) is 0 Å². The monoisotopic (exact) mass is 363 g/mol. The fourth-order valence-electron chi connectivity index (χ4n) is 4.02. The van der Waals surface area contributed by atoms with E-state index in [2.05, 4.69) is 10.4 Å². The van der Waals surface area contributed by atoms with E-state index in [0.29, 0.717) is 13.0 Å². The molecule has 2 aliphatic heterocycles. The molecule has 3 amide bonds. The maximum Gasteiger partial charge on any atom is 0.317 e. The fourth-order valence-corrected chi connectivity index (χ4v) is 4.02. The van der Waals surface area contributed by atoms with E-state index in [9.17, 15) is 19.5 Å². The number of carboxylic acids is 1. The predicted molar refractivity (Wildman–Crippen MR) is 92.1 cm³/mol. The molecule has 4 atom stereocenters. The predicted octanol–water partition coefficient (Wildman–Crippen LogP) is 0.444. The summed E-state index contributed by atoms with van der Waals surface area (Å²) in [4.78, 5) is 39.5. The molecule has 2 unspecified atom stereocenters. The van der Waals surface area contributed by atoms with Crippen LogP contribution >= 0.6 is 0 Å². The van der Waals surface area contributed by atoms with Gasteiger partial charge in [0.25, 0.3) is 0 Å². The van der Waals surface area contributed by atoms with Crippen molar-refractivity contribution in [1.82, 2.24) is 24.9 Å². The highest BCUT2D eigenvalue weighted by molar-refractivity contribution is 5.82. The Morgan fingerprint density at radius 1 is 1.31 bits per heavy atom. The van der Waals surface area contributed by atoms with Gasteiger partial charge in [0.2, 0.25) is 5.91 Å². The van der Waals surface area contributed by atoms with E-state index < -0.39 is 11.9 Å². The standard InChI is InChI=1S/C17H25N5O4/c1-10-6-11(16(24)25)9-22(8-10)17(26)19-12-7-14(23)20(2)15(12)13-4-5-18-21(13)3/h4-5,10-12,15H,6-9H2,1-3H3,(H,19,26)(H,24,25)/t10?,11?,12-,15-/m1/s1. The normalized spacial score (nSPS) is 29.1. The van der Waals surface area contributed by atoms with E-state index >= 15 is 0 Å². The van der Waals surface area contributed by atoms with E-state index in [1.54, 1.807) is 34.8 Å². The summed E-state index contributed by atoms with van der Waals surface area (Å²) in [6.07, 6.45) is 2.44. The number of hydrogen-bond donors (Lipinski definition) is 2. The van der Waals surface area contributed by atoms with E-state index in [1.165, 1.54) is 0 Å². The van der Waals surface area contributed by atoms with Gasteiger partial charge in [-0.1, -0.05) is 6.92 Å². The third kappa shape index (κ3) is 3.38. The molecule has 0 saturated carbocycles. The van der Waals surface area contributed by atoms with Crippen LogP contribution in [0.5, 0.6) is 0 Å². The van der Waals surface area contributed by atoms with Gasteiger partial charge < -0.3 is 20.2 Å². The van der Waals surface area contributed by atoms with Crippen molar-refractivity contribution in [2.75, 3.05) is 20.1 Å². The lowest BCUT2D eigenvalue weighted by Gasteiger charge is -2.36. The summed E-state index contributed by atoms with van der Waals surface area (Å²) in [5, 5.41) is 16.4. The van der Waals surface area contributed by atoms with Gasteiger partial charge in [-0.2, -0.15) is 5.10 Å². The summed E-state index contributed by atoms with van der Waals surface area (Å²) in [7, 11) is 3.52. The number of carbonyl (C=O) groups is 3. The van der Waals surface area contributed by atoms with Gasteiger partial charge in [0.05, 0.1) is 23.7 Å². The van der Waals surface area contributed by atoms with Crippen LogP contribution in [0.3, 0.4) is 0 Å². The molecule has 1 aromatic heterocycles. The number of likely N-dealkylation sites (N-methyl/N-ethyl adjacent to an activating group) is 1. The Bertz CT molecular complexity index is 718. The van der Waals surface area contributed by atoms with E-state index in [0.717, 1.165) is 5.69 Å². The quantitative estimate of drug-likeness (QED) is 0.810. The number of carbonyl (C=O) groups excluding carboxylic acids is 2. The van der Waals surface area contributed by atoms with Gasteiger partial charge >= 0.3 is 12.0 Å². The number of hydrogen-bond acceptors (Lipinski definition) is 4. The topological polar surface area (TPSA) is 108 Å². The molecule has 2 fully saturated rings. The largest absolute Gasteiger partial charge is 0.481 e. The molecular formula is C17H25N5O4. The highest BCUT2D eigenvalue weighted by Gasteiger charge is 2.42. The molecule has 142 valence electrons. The molecule has 3 heterocycles. The highest BCUT2D eigenvalue weighted by Crippen LogP contribution is 2.32. The summed E-state index contributed by atoms with van der Waals surface area (Å²) in [6, 6.07) is 0.845. The SMILES string of the molecule is CC1CC(C(=O)O)CN(C(=O)N[C@@H]2CC(=O)N(C)[C@H]2c2ccnn2C)C1. The molecule has 1 aromatic rings. The average molecular weight is 363 g/mol. The zero-order valence-corrected chi connectivity index (χ0v) is 15.3. The maximum atomic E-state index is 12.8. The number of nitrogens with zero attached hydrogens (tertiary/aromatic N) is 4. The van der Waals surface area contributed by atoms with Gasteiger partial charge in [-0.15, -0.1) is 0 Å². The van der Waals surface area contributed by atoms with Crippen LogP contribution in [0.4, 0.5) is 4.79 Å². The van der Waals surface area contributed by atoms with Crippen molar-refractivity contribution >= 4 is 17.9 Å². The minimum atomic E-state index is -0.877. The number of carboxylic acid groups (broad SMARTS) is 1. The first-order valence-corrected chi connectivity index (χ1v) is 8.79. The van der Waals surface area contributed by atoms with Crippen molar-refractivity contribution in [2.24, 2.45) is 18.9 Å². The van der Waals surface area contributed by atoms with Crippen LogP contribution < -0.4 is 5.32 Å². The van der Waals surface area contributed by atoms with E-state index in [-0.39, 0.29) is 42.9 Å². The van der Waals surface area contributed by atoms with Crippen molar-refractivity contribution in [1.29, 1.82) is 0 Å². The minimum absolute atomic E-state index is 0.0445. The zero-order chi connectivity index (χ0) is 19.0. The number of amides is 3. The number of rotatable bonds is 3. The highest BCUT2D eigenvalue weighted by atomic mass is 16.4. The molecule has 0 aliphatic carbocycles. The molecule has 26 heavy (non-hydrogen) atoms. The van der Waals surface area contributed by atoms with Crippen molar-refractivity contribution < 1.29 is 19.5 Å². The second-order valence-electron chi connectivity index (χ2n) is 7.37. The number of urea groups is 1. The van der Waals surface area contributed by atoms with Crippen molar-refractivity contribution in [3.63, 3.8) is 0 Å². The molecular weight excluding hydrogens is 338 g/mol. The summed E-state index contributed by atoms with van der Waals surface area (Å²) in [6.45, 7) is 2.65. The van der Waals surface area contributed by atoms with E-state index in [1.807, 2.05) is 13.0 Å². The Kier molecular flexibility index (Phi) is 4.88. The van der Waals surface area contributed by atoms with Crippen LogP contribution in [0.15, 0.2) is 12.3 Å². The van der Waals surface area contributed by atoms with Crippen LogP contribution in [0.25, 0.3) is 0 Å². The molecule has 0 radical (unpaired) electrons. The van der Waals surface area contributed by atoms with Gasteiger partial charge in [0.1, 0.15) is 0 Å². The Hall–Kier alpha value is -2.58. The molecule has 2 aliphatic rings. The first-order chi connectivity index (χ1) is 12.3. The number of aliphatic carboxylic acids is 1. The molecule has 2 N–H and O–H groups in total. The van der Waals surface area contributed by atoms with Gasteiger partial charge in [-0.25, -0.2) is 4.79 Å². The number of aromatic nitrogens is 2. The second kappa shape index (κ2) is 6.97. The Balaban J connectivity index is 1.74. The lowest BCUT2D eigenvalue weighted by atomic mass is 9.91. The minimum Gasteiger partial charge on any atom is -0.481 e. The lowest BCUT2D eigenvalue weighted by molar-refractivity contribution is -0.143. The maximum absolute atomic E-state index is 12.8. The Morgan fingerprint density at radius 2 is 2.04 bits per heavy atom. The smallest absolute Gasteiger partial charge is 0.317 e. The number of likely N-dealkylation sites (tertiary alicyclic amines) is 2. The lowest BCUT2D eigenvalue weighted by Crippen LogP contribution is -2.52. The average Bonchev–Trinajstić information content (AvgIpc) is 3.10. The van der Waals surface area contributed by atoms with Crippen LogP contribution in [-0.4, -0.2) is 68.8 Å². The van der Waals surface area contributed by atoms with Crippen LogP contribution in [0.1, 0.15) is 31.5 Å². The third-order valence-electron chi connectivity index (χ3n) is 5.35. The fraction of sp³-hybridized carbons (Fsp3) is 0.647. The summed E-state index contributed by atoms with van der Waals surface area (Å²) >= 11 is 0. The van der Waals surface area contributed by atoms with Crippen LogP contribution in [0, 0.1) is 11.8 Å². The van der Waals surface area contributed by atoms with Crippen molar-refractivity contribution in [2.45, 2.75) is 31.8 Å². The zero-order valence-electron chi connectivity index (χ0n) is 15.3. The number of aryl methyl sites for hydroxylation is 1. The third-order valence-corrected chi connectivity index (χ3v) is 5.35. The van der Waals surface area contributed by atoms with Gasteiger partial charge in [0.15, 0.2) is 0 Å². The molecule has 3 rings (SSSR count). The van der Waals surface area contributed by atoms with Gasteiger partial charge in [0, 0.05) is 39.8 Å². The molecule has 9 nitrogen and oxygen atoms in total. The van der Waals surface area contributed by atoms with Gasteiger partial charge in [-0.3, -0.25) is 14.3 Å². The Labute approximate surface area is 151 Å². The number of nitrogens with one attached hydrogen (secondary N) is 1. The van der Waals surface area contributed by atoms with Crippen LogP contribution in [0.2, 0.25) is 0 Å². The van der Waals surface area contributed by atoms with Crippen molar-refractivity contribution in [3.05, 3.63) is 18.0 Å². The van der Waals surface area contributed by atoms with Gasteiger partial charge in [-0.05, 0) is 18.4 Å². The van der Waals surface area contributed by atoms with Crippen LogP contribution in [-0.2, 0) is 16.6 Å². The molecule has 9 heteroatoms.